The molecule has 5 heteroatoms. The van der Waals surface area contributed by atoms with Crippen LogP contribution in [0.25, 0.3) is 0 Å². The molecule has 0 bridgehead atoms. The molecule has 1 aliphatic rings. The van der Waals surface area contributed by atoms with Gasteiger partial charge in [0.1, 0.15) is 0 Å². The van der Waals surface area contributed by atoms with Gasteiger partial charge in [-0.1, -0.05) is 32.3 Å². The van der Waals surface area contributed by atoms with Crippen molar-refractivity contribution in [1.82, 2.24) is 5.32 Å². The summed E-state index contributed by atoms with van der Waals surface area (Å²) in [6.45, 7) is 2.35. The molecule has 2 N–H and O–H groups in total. The van der Waals surface area contributed by atoms with Gasteiger partial charge in [0.25, 0.3) is 0 Å². The van der Waals surface area contributed by atoms with Gasteiger partial charge in [-0.05, 0) is 37.5 Å². The zero-order valence-corrected chi connectivity index (χ0v) is 13.1. The number of hydrogen-bond acceptors (Lipinski definition) is 3. The van der Waals surface area contributed by atoms with Crippen molar-refractivity contribution in [3.8, 4) is 0 Å². The van der Waals surface area contributed by atoms with E-state index < -0.39 is 0 Å². The number of rotatable bonds is 5. The highest BCUT2D eigenvalue weighted by Gasteiger charge is 2.16. The smallest absolute Gasteiger partial charge is 0.338 e. The Labute approximate surface area is 131 Å². The number of amides is 2. The van der Waals surface area contributed by atoms with Crippen LogP contribution in [0.15, 0.2) is 24.3 Å². The second-order valence-electron chi connectivity index (χ2n) is 5.65. The SMILES string of the molecule is CCCOC(=O)c1cccc(NC(=O)NC2CCCCC2)c1. The van der Waals surface area contributed by atoms with Gasteiger partial charge in [-0.15, -0.1) is 0 Å². The van der Waals surface area contributed by atoms with Crippen molar-refractivity contribution in [3.05, 3.63) is 29.8 Å². The predicted octanol–water partition coefficient (Wildman–Crippen LogP) is 3.71. The fourth-order valence-electron chi connectivity index (χ4n) is 2.60. The number of nitrogens with one attached hydrogen (secondary N) is 2. The molecule has 0 heterocycles. The van der Waals surface area contributed by atoms with Crippen LogP contribution in [0.2, 0.25) is 0 Å². The van der Waals surface area contributed by atoms with Gasteiger partial charge in [0.2, 0.25) is 0 Å². The van der Waals surface area contributed by atoms with Gasteiger partial charge in [0.05, 0.1) is 12.2 Å². The summed E-state index contributed by atoms with van der Waals surface area (Å²) in [5, 5.41) is 5.77. The molecule has 1 saturated carbocycles. The number of benzene rings is 1. The first-order chi connectivity index (χ1) is 10.7. The van der Waals surface area contributed by atoms with Crippen LogP contribution in [-0.2, 0) is 4.74 Å². The van der Waals surface area contributed by atoms with Crippen molar-refractivity contribution in [1.29, 1.82) is 0 Å². The molecule has 0 unspecified atom stereocenters. The number of carbonyl (C=O) groups excluding carboxylic acids is 2. The first kappa shape index (κ1) is 16.3. The van der Waals surface area contributed by atoms with Crippen molar-refractivity contribution < 1.29 is 14.3 Å². The first-order valence-electron chi connectivity index (χ1n) is 8.03. The van der Waals surface area contributed by atoms with Crippen LogP contribution in [0.1, 0.15) is 55.8 Å². The Morgan fingerprint density at radius 2 is 2.00 bits per heavy atom. The maximum Gasteiger partial charge on any atom is 0.338 e. The van der Waals surface area contributed by atoms with Crippen molar-refractivity contribution in [2.45, 2.75) is 51.5 Å². The second-order valence-corrected chi connectivity index (χ2v) is 5.65. The standard InChI is InChI=1S/C17H24N2O3/c1-2-11-22-16(20)13-7-6-10-15(12-13)19-17(21)18-14-8-4-3-5-9-14/h6-7,10,12,14H,2-5,8-9,11H2,1H3,(H2,18,19,21). The summed E-state index contributed by atoms with van der Waals surface area (Å²) >= 11 is 0. The van der Waals surface area contributed by atoms with Crippen molar-refractivity contribution in [2.24, 2.45) is 0 Å². The molecule has 0 atom stereocenters. The van der Waals surface area contributed by atoms with Crippen LogP contribution in [0.4, 0.5) is 10.5 Å². The predicted molar refractivity (Wildman–Crippen MR) is 86.0 cm³/mol. The van der Waals surface area contributed by atoms with E-state index >= 15 is 0 Å². The van der Waals surface area contributed by atoms with E-state index in [9.17, 15) is 9.59 Å². The average Bonchev–Trinajstić information content (AvgIpc) is 2.53. The minimum Gasteiger partial charge on any atom is -0.462 e. The minimum absolute atomic E-state index is 0.217. The molecule has 2 amide bonds. The Bertz CT molecular complexity index is 510. The molecule has 0 spiro atoms. The fourth-order valence-corrected chi connectivity index (χ4v) is 2.60. The maximum absolute atomic E-state index is 12.0. The number of ether oxygens (including phenoxy) is 1. The van der Waals surface area contributed by atoms with Crippen LogP contribution < -0.4 is 10.6 Å². The molecule has 22 heavy (non-hydrogen) atoms. The van der Waals surface area contributed by atoms with Crippen molar-refractivity contribution in [3.63, 3.8) is 0 Å². The lowest BCUT2D eigenvalue weighted by atomic mass is 9.96. The zero-order chi connectivity index (χ0) is 15.8. The summed E-state index contributed by atoms with van der Waals surface area (Å²) in [5.41, 5.74) is 1.04. The van der Waals surface area contributed by atoms with Gasteiger partial charge in [-0.3, -0.25) is 0 Å². The molecule has 1 aliphatic carbocycles. The van der Waals surface area contributed by atoms with Crippen LogP contribution in [-0.4, -0.2) is 24.6 Å². The molecule has 0 aromatic heterocycles. The number of carbonyl (C=O) groups is 2. The van der Waals surface area contributed by atoms with Crippen LogP contribution >= 0.6 is 0 Å². The summed E-state index contributed by atoms with van der Waals surface area (Å²) in [6.07, 6.45) is 6.45. The Kier molecular flexibility index (Phi) is 6.25. The maximum atomic E-state index is 12.0. The Morgan fingerprint density at radius 3 is 2.73 bits per heavy atom. The van der Waals surface area contributed by atoms with E-state index in [4.69, 9.17) is 4.74 Å². The second kappa shape index (κ2) is 8.41. The normalized spacial score (nSPS) is 15.1. The van der Waals surface area contributed by atoms with Crippen LogP contribution in [0.3, 0.4) is 0 Å². The summed E-state index contributed by atoms with van der Waals surface area (Å²) in [4.78, 5) is 23.8. The van der Waals surface area contributed by atoms with E-state index in [1.54, 1.807) is 24.3 Å². The monoisotopic (exact) mass is 304 g/mol. The molecule has 1 aromatic carbocycles. The summed E-state index contributed by atoms with van der Waals surface area (Å²) < 4.78 is 5.09. The number of hydrogen-bond donors (Lipinski definition) is 2. The quantitative estimate of drug-likeness (QED) is 0.815. The third kappa shape index (κ3) is 5.06. The lowest BCUT2D eigenvalue weighted by Gasteiger charge is -2.22. The molecule has 1 fully saturated rings. The third-order valence-electron chi connectivity index (χ3n) is 3.73. The van der Waals surface area contributed by atoms with E-state index in [-0.39, 0.29) is 18.0 Å². The molecule has 0 aliphatic heterocycles. The Morgan fingerprint density at radius 1 is 1.23 bits per heavy atom. The minimum atomic E-state index is -0.363. The van der Waals surface area contributed by atoms with Gasteiger partial charge in [-0.2, -0.15) is 0 Å². The van der Waals surface area contributed by atoms with Crippen LogP contribution in [0.5, 0.6) is 0 Å². The lowest BCUT2D eigenvalue weighted by Crippen LogP contribution is -2.39. The van der Waals surface area contributed by atoms with E-state index in [2.05, 4.69) is 10.6 Å². The third-order valence-corrected chi connectivity index (χ3v) is 3.73. The molecule has 5 nitrogen and oxygen atoms in total. The summed E-state index contributed by atoms with van der Waals surface area (Å²) in [6, 6.07) is 6.86. The molecule has 120 valence electrons. The molecule has 2 rings (SSSR count). The largest absolute Gasteiger partial charge is 0.462 e. The van der Waals surface area contributed by atoms with E-state index in [0.29, 0.717) is 17.9 Å². The Balaban J connectivity index is 1.88. The van der Waals surface area contributed by atoms with Gasteiger partial charge in [0.15, 0.2) is 0 Å². The van der Waals surface area contributed by atoms with E-state index in [0.717, 1.165) is 19.3 Å². The van der Waals surface area contributed by atoms with E-state index in [1.807, 2.05) is 6.92 Å². The summed E-state index contributed by atoms with van der Waals surface area (Å²) in [7, 11) is 0. The highest BCUT2D eigenvalue weighted by atomic mass is 16.5. The number of urea groups is 1. The van der Waals surface area contributed by atoms with Gasteiger partial charge >= 0.3 is 12.0 Å². The molecular formula is C17H24N2O3. The van der Waals surface area contributed by atoms with Crippen molar-refractivity contribution in [2.75, 3.05) is 11.9 Å². The van der Waals surface area contributed by atoms with Gasteiger partial charge < -0.3 is 15.4 Å². The highest BCUT2D eigenvalue weighted by molar-refractivity contribution is 5.94. The lowest BCUT2D eigenvalue weighted by molar-refractivity contribution is 0.0505. The molecular weight excluding hydrogens is 280 g/mol. The van der Waals surface area contributed by atoms with Gasteiger partial charge in [-0.25, -0.2) is 9.59 Å². The molecule has 0 radical (unpaired) electrons. The molecule has 0 saturated heterocycles. The van der Waals surface area contributed by atoms with Crippen molar-refractivity contribution >= 4 is 17.7 Å². The average molecular weight is 304 g/mol. The first-order valence-corrected chi connectivity index (χ1v) is 8.03. The summed E-state index contributed by atoms with van der Waals surface area (Å²) in [5.74, 6) is -0.363. The fraction of sp³-hybridized carbons (Fsp3) is 0.529. The Hall–Kier alpha value is -2.04. The topological polar surface area (TPSA) is 67.4 Å². The molecule has 1 aromatic rings. The highest BCUT2D eigenvalue weighted by Crippen LogP contribution is 2.18. The zero-order valence-electron chi connectivity index (χ0n) is 13.1. The van der Waals surface area contributed by atoms with Crippen LogP contribution in [0, 0.1) is 0 Å². The van der Waals surface area contributed by atoms with Gasteiger partial charge in [0, 0.05) is 11.7 Å². The van der Waals surface area contributed by atoms with E-state index in [1.165, 1.54) is 19.3 Å². The number of anilines is 1. The number of esters is 1.